The van der Waals surface area contributed by atoms with Gasteiger partial charge in [0.15, 0.2) is 0 Å². The molecule has 0 saturated heterocycles. The average Bonchev–Trinajstić information content (AvgIpc) is 2.83. The Balaban J connectivity index is 1.92. The van der Waals surface area contributed by atoms with Crippen LogP contribution in [0.15, 0.2) is 35.3 Å². The number of carbonyl (C=O) groups excluding carboxylic acids is 2. The first-order valence-corrected chi connectivity index (χ1v) is 5.67. The number of aromatic amines is 1. The van der Waals surface area contributed by atoms with Crippen molar-refractivity contribution >= 4 is 27.7 Å². The minimum absolute atomic E-state index is 0.116. The lowest BCUT2D eigenvalue weighted by atomic mass is 10.4. The summed E-state index contributed by atoms with van der Waals surface area (Å²) in [4.78, 5) is 33.4. The highest BCUT2D eigenvalue weighted by Crippen LogP contribution is 2.09. The Kier molecular flexibility index (Phi) is 3.68. The molecule has 0 aliphatic carbocycles. The summed E-state index contributed by atoms with van der Waals surface area (Å²) in [6, 6.07) is 1.59. The van der Waals surface area contributed by atoms with Crippen molar-refractivity contribution < 1.29 is 9.59 Å². The maximum absolute atomic E-state index is 11.6. The van der Waals surface area contributed by atoms with E-state index in [-0.39, 0.29) is 5.69 Å². The molecule has 2 aromatic heterocycles. The van der Waals surface area contributed by atoms with Gasteiger partial charge < -0.3 is 4.98 Å². The molecule has 7 nitrogen and oxygen atoms in total. The van der Waals surface area contributed by atoms with Crippen LogP contribution in [0, 0.1) is 0 Å². The number of rotatable bonds is 2. The fourth-order valence-corrected chi connectivity index (χ4v) is 1.50. The van der Waals surface area contributed by atoms with Gasteiger partial charge in [0.25, 0.3) is 11.8 Å². The van der Waals surface area contributed by atoms with Crippen LogP contribution in [0.5, 0.6) is 0 Å². The van der Waals surface area contributed by atoms with Gasteiger partial charge in [-0.05, 0) is 22.0 Å². The predicted molar refractivity (Wildman–Crippen MR) is 65.5 cm³/mol. The van der Waals surface area contributed by atoms with E-state index in [2.05, 4.69) is 41.7 Å². The van der Waals surface area contributed by atoms with Crippen LogP contribution in [0.2, 0.25) is 0 Å². The monoisotopic (exact) mass is 309 g/mol. The molecule has 0 atom stereocenters. The maximum Gasteiger partial charge on any atom is 0.289 e. The standard InChI is InChI=1S/C10H8BrN5O2/c11-6-3-7(14-4-6)9(17)15-16-10(18)8-5-12-1-2-13-8/h1-5,14H,(H,15,17)(H,16,18). The first kappa shape index (κ1) is 12.2. The molecule has 92 valence electrons. The molecule has 0 aliphatic rings. The van der Waals surface area contributed by atoms with Crippen LogP contribution in [-0.4, -0.2) is 26.8 Å². The molecule has 2 aromatic rings. The van der Waals surface area contributed by atoms with E-state index in [0.29, 0.717) is 5.69 Å². The van der Waals surface area contributed by atoms with E-state index in [9.17, 15) is 9.59 Å². The van der Waals surface area contributed by atoms with Crippen molar-refractivity contribution in [3.8, 4) is 0 Å². The zero-order valence-corrected chi connectivity index (χ0v) is 10.6. The molecule has 2 rings (SSSR count). The molecule has 2 heterocycles. The summed E-state index contributed by atoms with van der Waals surface area (Å²) in [6.07, 6.45) is 5.75. The number of amides is 2. The minimum Gasteiger partial charge on any atom is -0.356 e. The van der Waals surface area contributed by atoms with Gasteiger partial charge in [-0.3, -0.25) is 25.4 Å². The fourth-order valence-electron chi connectivity index (χ4n) is 1.16. The Hall–Kier alpha value is -2.22. The molecule has 0 fully saturated rings. The van der Waals surface area contributed by atoms with Crippen LogP contribution in [-0.2, 0) is 0 Å². The summed E-state index contributed by atoms with van der Waals surface area (Å²) >= 11 is 3.20. The SMILES string of the molecule is O=C(NNC(=O)c1cc(Br)c[nH]1)c1cnccn1. The molecule has 0 bridgehead atoms. The smallest absolute Gasteiger partial charge is 0.289 e. The molecule has 18 heavy (non-hydrogen) atoms. The van der Waals surface area contributed by atoms with Crippen LogP contribution in [0.25, 0.3) is 0 Å². The maximum atomic E-state index is 11.6. The summed E-state index contributed by atoms with van der Waals surface area (Å²) < 4.78 is 0.743. The lowest BCUT2D eigenvalue weighted by molar-refractivity contribution is 0.0841. The number of hydrazine groups is 1. The lowest BCUT2D eigenvalue weighted by Crippen LogP contribution is -2.42. The van der Waals surface area contributed by atoms with Crippen LogP contribution in [0.3, 0.4) is 0 Å². The van der Waals surface area contributed by atoms with E-state index in [4.69, 9.17) is 0 Å². The molecule has 2 amide bonds. The summed E-state index contributed by atoms with van der Waals surface area (Å²) in [5, 5.41) is 0. The molecule has 3 N–H and O–H groups in total. The second-order valence-corrected chi connectivity index (χ2v) is 4.15. The quantitative estimate of drug-likeness (QED) is 0.709. The van der Waals surface area contributed by atoms with Crippen molar-refractivity contribution in [2.45, 2.75) is 0 Å². The van der Waals surface area contributed by atoms with Gasteiger partial charge in [-0.1, -0.05) is 0 Å². The summed E-state index contributed by atoms with van der Waals surface area (Å²) in [5.74, 6) is -1.000. The van der Waals surface area contributed by atoms with E-state index in [0.717, 1.165) is 4.47 Å². The Morgan fingerprint density at radius 3 is 2.61 bits per heavy atom. The molecule has 0 radical (unpaired) electrons. The highest BCUT2D eigenvalue weighted by atomic mass is 79.9. The van der Waals surface area contributed by atoms with E-state index >= 15 is 0 Å². The van der Waals surface area contributed by atoms with Crippen molar-refractivity contribution in [3.05, 3.63) is 46.7 Å². The molecular formula is C10H8BrN5O2. The first-order chi connectivity index (χ1) is 8.66. The molecular weight excluding hydrogens is 302 g/mol. The number of hydrogen-bond acceptors (Lipinski definition) is 4. The number of carbonyl (C=O) groups is 2. The highest BCUT2D eigenvalue weighted by molar-refractivity contribution is 9.10. The Bertz CT molecular complexity index is 569. The third-order valence-electron chi connectivity index (χ3n) is 1.98. The van der Waals surface area contributed by atoms with Crippen LogP contribution in [0.1, 0.15) is 21.0 Å². The summed E-state index contributed by atoms with van der Waals surface area (Å²) in [6.45, 7) is 0. The number of hydrogen-bond donors (Lipinski definition) is 3. The Labute approximate surface area is 110 Å². The van der Waals surface area contributed by atoms with Crippen LogP contribution < -0.4 is 10.9 Å². The number of halogens is 1. The van der Waals surface area contributed by atoms with Crippen molar-refractivity contribution in [3.63, 3.8) is 0 Å². The normalized spacial score (nSPS) is 9.83. The minimum atomic E-state index is -0.540. The van der Waals surface area contributed by atoms with Crippen LogP contribution in [0.4, 0.5) is 0 Å². The zero-order valence-electron chi connectivity index (χ0n) is 8.98. The number of H-pyrrole nitrogens is 1. The average molecular weight is 310 g/mol. The Morgan fingerprint density at radius 1 is 1.22 bits per heavy atom. The molecule has 0 spiro atoms. The van der Waals surface area contributed by atoms with Crippen molar-refractivity contribution in [2.75, 3.05) is 0 Å². The third-order valence-corrected chi connectivity index (χ3v) is 2.44. The van der Waals surface area contributed by atoms with Gasteiger partial charge in [-0.25, -0.2) is 4.98 Å². The van der Waals surface area contributed by atoms with Gasteiger partial charge in [0.2, 0.25) is 0 Å². The highest BCUT2D eigenvalue weighted by Gasteiger charge is 2.11. The van der Waals surface area contributed by atoms with Gasteiger partial charge in [0.1, 0.15) is 11.4 Å². The van der Waals surface area contributed by atoms with Crippen molar-refractivity contribution in [1.29, 1.82) is 0 Å². The van der Waals surface area contributed by atoms with Crippen molar-refractivity contribution in [2.24, 2.45) is 0 Å². The topological polar surface area (TPSA) is 99.8 Å². The molecule has 0 unspecified atom stereocenters. The van der Waals surface area contributed by atoms with E-state index < -0.39 is 11.8 Å². The van der Waals surface area contributed by atoms with Gasteiger partial charge in [-0.15, -0.1) is 0 Å². The van der Waals surface area contributed by atoms with Gasteiger partial charge in [-0.2, -0.15) is 0 Å². The molecule has 0 aromatic carbocycles. The predicted octanol–water partition coefficient (Wildman–Crippen LogP) is 0.642. The van der Waals surface area contributed by atoms with Crippen LogP contribution >= 0.6 is 15.9 Å². The second-order valence-electron chi connectivity index (χ2n) is 3.23. The number of aromatic nitrogens is 3. The zero-order chi connectivity index (χ0) is 13.0. The van der Waals surface area contributed by atoms with Crippen molar-refractivity contribution in [1.82, 2.24) is 25.8 Å². The van der Waals surface area contributed by atoms with E-state index in [1.54, 1.807) is 12.3 Å². The summed E-state index contributed by atoms with van der Waals surface area (Å²) in [5.41, 5.74) is 4.92. The largest absolute Gasteiger partial charge is 0.356 e. The molecule has 0 aliphatic heterocycles. The molecule has 8 heteroatoms. The number of nitrogens with one attached hydrogen (secondary N) is 3. The van der Waals surface area contributed by atoms with Gasteiger partial charge >= 0.3 is 0 Å². The fraction of sp³-hybridized carbons (Fsp3) is 0. The van der Waals surface area contributed by atoms with Gasteiger partial charge in [0.05, 0.1) is 6.20 Å². The second kappa shape index (κ2) is 5.41. The van der Waals surface area contributed by atoms with E-state index in [1.165, 1.54) is 18.6 Å². The third kappa shape index (κ3) is 2.92. The molecule has 0 saturated carbocycles. The lowest BCUT2D eigenvalue weighted by Gasteiger charge is -2.04. The summed E-state index contributed by atoms with van der Waals surface area (Å²) in [7, 11) is 0. The van der Waals surface area contributed by atoms with Gasteiger partial charge in [0, 0.05) is 23.1 Å². The van der Waals surface area contributed by atoms with E-state index in [1.807, 2.05) is 0 Å². The Morgan fingerprint density at radius 2 is 2.00 bits per heavy atom. The first-order valence-electron chi connectivity index (χ1n) is 4.87. The number of nitrogens with zero attached hydrogens (tertiary/aromatic N) is 2.